The molecule has 2 aliphatic heterocycles. The highest BCUT2D eigenvalue weighted by atomic mass is 35.5. The molecular weight excluding hydrogens is 320 g/mol. The minimum Gasteiger partial charge on any atom is -0.378 e. The van der Waals surface area contributed by atoms with Crippen LogP contribution in [0.3, 0.4) is 0 Å². The van der Waals surface area contributed by atoms with Gasteiger partial charge in [-0.15, -0.1) is 0 Å². The van der Waals surface area contributed by atoms with Crippen LogP contribution in [-0.4, -0.2) is 61.0 Å². The summed E-state index contributed by atoms with van der Waals surface area (Å²) in [6.45, 7) is 4.31. The standard InChI is InChI=1S/C16H21ClN2O2S/c17-14-4-2-1-3-13(14)15-5-6-18(9-12-22-15)16(20)19-7-10-21-11-8-19/h1-4,15H,5-12H2/t15-/m1/s1. The highest BCUT2D eigenvalue weighted by Crippen LogP contribution is 2.37. The second-order valence-corrected chi connectivity index (χ2v) is 7.26. The van der Waals surface area contributed by atoms with Crippen LogP contribution in [0, 0.1) is 0 Å². The zero-order valence-corrected chi connectivity index (χ0v) is 14.1. The van der Waals surface area contributed by atoms with Crippen LogP contribution in [-0.2, 0) is 4.74 Å². The summed E-state index contributed by atoms with van der Waals surface area (Å²) in [6.07, 6.45) is 0.949. The number of ether oxygens (including phenoxy) is 1. The van der Waals surface area contributed by atoms with Crippen molar-refractivity contribution >= 4 is 29.4 Å². The smallest absolute Gasteiger partial charge is 0.320 e. The first-order valence-electron chi connectivity index (χ1n) is 7.73. The largest absolute Gasteiger partial charge is 0.378 e. The van der Waals surface area contributed by atoms with Crippen LogP contribution in [0.15, 0.2) is 24.3 Å². The van der Waals surface area contributed by atoms with Crippen molar-refractivity contribution in [3.63, 3.8) is 0 Å². The van der Waals surface area contributed by atoms with Gasteiger partial charge in [-0.3, -0.25) is 0 Å². The number of carbonyl (C=O) groups excluding carboxylic acids is 1. The second kappa shape index (κ2) is 7.57. The van der Waals surface area contributed by atoms with Gasteiger partial charge in [0.1, 0.15) is 0 Å². The lowest BCUT2D eigenvalue weighted by Gasteiger charge is -2.32. The van der Waals surface area contributed by atoms with Crippen molar-refractivity contribution in [1.29, 1.82) is 0 Å². The molecule has 1 aromatic rings. The number of halogens is 1. The van der Waals surface area contributed by atoms with E-state index in [1.54, 1.807) is 0 Å². The molecule has 0 spiro atoms. The van der Waals surface area contributed by atoms with Gasteiger partial charge in [0.15, 0.2) is 0 Å². The molecule has 4 nitrogen and oxygen atoms in total. The average molecular weight is 341 g/mol. The predicted molar refractivity (Wildman–Crippen MR) is 90.6 cm³/mol. The van der Waals surface area contributed by atoms with E-state index in [1.807, 2.05) is 39.8 Å². The monoisotopic (exact) mass is 340 g/mol. The van der Waals surface area contributed by atoms with Gasteiger partial charge in [0, 0.05) is 42.2 Å². The molecule has 0 N–H and O–H groups in total. The molecule has 120 valence electrons. The molecule has 0 radical (unpaired) electrons. The molecule has 22 heavy (non-hydrogen) atoms. The van der Waals surface area contributed by atoms with E-state index in [4.69, 9.17) is 16.3 Å². The Bertz CT molecular complexity index is 523. The SMILES string of the molecule is O=C(N1CCOCC1)N1CCS[C@@H](c2ccccc2Cl)CC1. The molecule has 0 bridgehead atoms. The van der Waals surface area contributed by atoms with Crippen LogP contribution >= 0.6 is 23.4 Å². The van der Waals surface area contributed by atoms with Crippen LogP contribution in [0.25, 0.3) is 0 Å². The summed E-state index contributed by atoms with van der Waals surface area (Å²) in [5, 5.41) is 1.20. The zero-order chi connectivity index (χ0) is 15.4. The maximum absolute atomic E-state index is 12.6. The van der Waals surface area contributed by atoms with E-state index in [9.17, 15) is 4.79 Å². The highest BCUT2D eigenvalue weighted by Gasteiger charge is 2.27. The van der Waals surface area contributed by atoms with Crippen molar-refractivity contribution in [3.05, 3.63) is 34.9 Å². The van der Waals surface area contributed by atoms with Gasteiger partial charge in [0.05, 0.1) is 13.2 Å². The van der Waals surface area contributed by atoms with Crippen LogP contribution in [0.5, 0.6) is 0 Å². The lowest BCUT2D eigenvalue weighted by Crippen LogP contribution is -2.48. The molecular formula is C16H21ClN2O2S. The van der Waals surface area contributed by atoms with Crippen LogP contribution in [0.4, 0.5) is 4.79 Å². The molecule has 6 heteroatoms. The molecule has 0 aromatic heterocycles. The summed E-state index contributed by atoms with van der Waals surface area (Å²) in [6, 6.07) is 8.19. The van der Waals surface area contributed by atoms with E-state index in [2.05, 4.69) is 6.07 Å². The van der Waals surface area contributed by atoms with Crippen LogP contribution < -0.4 is 0 Å². The van der Waals surface area contributed by atoms with Crippen molar-refractivity contribution < 1.29 is 9.53 Å². The summed E-state index contributed by atoms with van der Waals surface area (Å²) in [7, 11) is 0. The van der Waals surface area contributed by atoms with Crippen LogP contribution in [0.1, 0.15) is 17.2 Å². The normalized spacial score (nSPS) is 23.2. The Morgan fingerprint density at radius 1 is 1.14 bits per heavy atom. The van der Waals surface area contributed by atoms with Crippen molar-refractivity contribution in [3.8, 4) is 0 Å². The summed E-state index contributed by atoms with van der Waals surface area (Å²) in [5.41, 5.74) is 1.19. The lowest BCUT2D eigenvalue weighted by molar-refractivity contribution is 0.0438. The number of carbonyl (C=O) groups is 1. The fourth-order valence-electron chi connectivity index (χ4n) is 2.90. The molecule has 2 heterocycles. The van der Waals surface area contributed by atoms with Gasteiger partial charge in [-0.25, -0.2) is 4.79 Å². The number of morpholine rings is 1. The van der Waals surface area contributed by atoms with E-state index in [1.165, 1.54) is 5.56 Å². The minimum absolute atomic E-state index is 0.156. The molecule has 2 saturated heterocycles. The number of hydrogen-bond donors (Lipinski definition) is 0. The first-order chi connectivity index (χ1) is 10.8. The van der Waals surface area contributed by atoms with Gasteiger partial charge >= 0.3 is 6.03 Å². The van der Waals surface area contributed by atoms with Gasteiger partial charge in [-0.2, -0.15) is 11.8 Å². The van der Waals surface area contributed by atoms with Gasteiger partial charge in [0.2, 0.25) is 0 Å². The van der Waals surface area contributed by atoms with Crippen molar-refractivity contribution in [2.45, 2.75) is 11.7 Å². The summed E-state index contributed by atoms with van der Waals surface area (Å²) in [4.78, 5) is 16.5. The van der Waals surface area contributed by atoms with E-state index in [0.29, 0.717) is 31.6 Å². The molecule has 3 rings (SSSR count). The average Bonchev–Trinajstić information content (AvgIpc) is 2.81. The maximum Gasteiger partial charge on any atom is 0.320 e. The zero-order valence-electron chi connectivity index (χ0n) is 12.5. The fraction of sp³-hybridized carbons (Fsp3) is 0.562. The molecule has 1 atom stereocenters. The minimum atomic E-state index is 0.156. The Labute approximate surface area is 140 Å². The Morgan fingerprint density at radius 2 is 1.86 bits per heavy atom. The molecule has 2 aliphatic rings. The van der Waals surface area contributed by atoms with Crippen molar-refractivity contribution in [2.75, 3.05) is 45.1 Å². The molecule has 0 saturated carbocycles. The molecule has 2 amide bonds. The summed E-state index contributed by atoms with van der Waals surface area (Å²) >= 11 is 8.21. The number of rotatable bonds is 1. The summed E-state index contributed by atoms with van der Waals surface area (Å²) in [5.74, 6) is 0.950. The summed E-state index contributed by atoms with van der Waals surface area (Å²) < 4.78 is 5.32. The number of amides is 2. The number of urea groups is 1. The number of thioether (sulfide) groups is 1. The Hall–Kier alpha value is -0.910. The van der Waals surface area contributed by atoms with Gasteiger partial charge in [0.25, 0.3) is 0 Å². The maximum atomic E-state index is 12.6. The molecule has 0 aliphatic carbocycles. The molecule has 2 fully saturated rings. The van der Waals surface area contributed by atoms with Gasteiger partial charge < -0.3 is 14.5 Å². The predicted octanol–water partition coefficient (Wildman–Crippen LogP) is 3.27. The van der Waals surface area contributed by atoms with Gasteiger partial charge in [-0.1, -0.05) is 29.8 Å². The number of benzene rings is 1. The topological polar surface area (TPSA) is 32.8 Å². The quantitative estimate of drug-likeness (QED) is 0.786. The number of hydrogen-bond acceptors (Lipinski definition) is 3. The van der Waals surface area contributed by atoms with Crippen LogP contribution in [0.2, 0.25) is 5.02 Å². The Balaban J connectivity index is 1.62. The third-order valence-corrected chi connectivity index (χ3v) is 5.80. The Kier molecular flexibility index (Phi) is 5.50. The van der Waals surface area contributed by atoms with E-state index in [-0.39, 0.29) is 6.03 Å². The lowest BCUT2D eigenvalue weighted by atomic mass is 10.1. The van der Waals surface area contributed by atoms with Gasteiger partial charge in [-0.05, 0) is 18.1 Å². The van der Waals surface area contributed by atoms with E-state index < -0.39 is 0 Å². The third kappa shape index (κ3) is 3.70. The van der Waals surface area contributed by atoms with Crippen molar-refractivity contribution in [2.24, 2.45) is 0 Å². The third-order valence-electron chi connectivity index (χ3n) is 4.15. The highest BCUT2D eigenvalue weighted by molar-refractivity contribution is 7.99. The van der Waals surface area contributed by atoms with E-state index in [0.717, 1.165) is 30.3 Å². The fourth-order valence-corrected chi connectivity index (χ4v) is 4.50. The molecule has 1 aromatic carbocycles. The number of nitrogens with zero attached hydrogens (tertiary/aromatic N) is 2. The second-order valence-electron chi connectivity index (χ2n) is 5.54. The first-order valence-corrected chi connectivity index (χ1v) is 9.16. The molecule has 0 unspecified atom stereocenters. The Morgan fingerprint density at radius 3 is 2.64 bits per heavy atom. The van der Waals surface area contributed by atoms with Crippen molar-refractivity contribution in [1.82, 2.24) is 9.80 Å². The first kappa shape index (κ1) is 16.0. The van der Waals surface area contributed by atoms with E-state index >= 15 is 0 Å².